The van der Waals surface area contributed by atoms with E-state index in [0.29, 0.717) is 88.4 Å². The Morgan fingerprint density at radius 3 is 2.31 bits per heavy atom. The monoisotopic (exact) mass is 1000 g/mol. The van der Waals surface area contributed by atoms with Gasteiger partial charge in [-0.25, -0.2) is 4.79 Å². The summed E-state index contributed by atoms with van der Waals surface area (Å²) in [5, 5.41) is 34.4. The van der Waals surface area contributed by atoms with Crippen molar-refractivity contribution in [3.8, 4) is 5.75 Å². The van der Waals surface area contributed by atoms with Crippen LogP contribution in [0.1, 0.15) is 132 Å². The van der Waals surface area contributed by atoms with Crippen LogP contribution in [0.25, 0.3) is 0 Å². The number of amides is 1. The van der Waals surface area contributed by atoms with Crippen molar-refractivity contribution in [2.24, 2.45) is 35.5 Å². The molecule has 1 aliphatic carbocycles. The third kappa shape index (κ3) is 15.2. The highest BCUT2D eigenvalue weighted by Gasteiger charge is 2.53. The molecule has 14 nitrogen and oxygen atoms in total. The van der Waals surface area contributed by atoms with Crippen molar-refractivity contribution in [3.63, 3.8) is 0 Å². The number of Topliss-reactive ketones (excluding diaryl/α,β-unsaturated/α-hetero) is 2. The van der Waals surface area contributed by atoms with Crippen molar-refractivity contribution in [2.45, 2.75) is 186 Å². The minimum absolute atomic E-state index is 0.0449. The largest absolute Gasteiger partial charge is 0.497 e. The molecule has 2 saturated heterocycles. The fourth-order valence-corrected chi connectivity index (χ4v) is 11.5. The van der Waals surface area contributed by atoms with Crippen LogP contribution in [0.3, 0.4) is 0 Å². The lowest BCUT2D eigenvalue weighted by molar-refractivity contribution is -0.263. The van der Waals surface area contributed by atoms with Crippen LogP contribution >= 0.6 is 0 Å². The average Bonchev–Trinajstić information content (AvgIpc) is 3.37. The fourth-order valence-electron chi connectivity index (χ4n) is 11.5. The van der Waals surface area contributed by atoms with E-state index in [1.165, 1.54) is 12.0 Å². The second-order valence-corrected chi connectivity index (χ2v) is 21.8. The molecule has 1 saturated carbocycles. The van der Waals surface area contributed by atoms with Crippen LogP contribution in [-0.2, 0) is 38.1 Å². The summed E-state index contributed by atoms with van der Waals surface area (Å²) in [5.41, 5.74) is 2.48. The van der Waals surface area contributed by atoms with E-state index in [2.05, 4.69) is 24.8 Å². The lowest BCUT2D eigenvalue weighted by atomic mass is 9.78. The SMILES string of the molecule is COc1cccc(N(C)C2C[C@@H]3CC[C@@H](C)[C@@](O)(O3)C(=O)C(=O)N3CCCC[C@H]3C(=O)O[C@H]([C@H](C)C[C@H]3CC[C@@H](O)[C@H](OC)C3)CC[C@H](C)/C=C(\C)[C@@H](O)[C@@H](OC)C(=O)[C@H](C)C[C@H](C)/C=C/C=C/C=C/2C)c1. The Morgan fingerprint density at radius 1 is 0.847 bits per heavy atom. The molecule has 5 rings (SSSR count). The molecule has 3 aliphatic heterocycles. The number of piperidine rings is 1. The number of esters is 1. The van der Waals surface area contributed by atoms with E-state index in [0.717, 1.165) is 17.7 Å². The van der Waals surface area contributed by atoms with Gasteiger partial charge in [0.25, 0.3) is 11.7 Å². The number of aliphatic hydroxyl groups excluding tert-OH is 2. The lowest BCUT2D eigenvalue weighted by Crippen LogP contribution is -2.61. The summed E-state index contributed by atoms with van der Waals surface area (Å²) in [6.45, 7) is 13.7. The van der Waals surface area contributed by atoms with Gasteiger partial charge in [0, 0.05) is 51.4 Å². The van der Waals surface area contributed by atoms with Gasteiger partial charge in [-0.2, -0.15) is 0 Å². The number of benzene rings is 1. The second-order valence-electron chi connectivity index (χ2n) is 21.8. The summed E-state index contributed by atoms with van der Waals surface area (Å²) >= 11 is 0. The fraction of sp³-hybridized carbons (Fsp3) is 0.690. The number of aliphatic hydroxyl groups is 3. The Balaban J connectivity index is 1.50. The minimum Gasteiger partial charge on any atom is -0.497 e. The zero-order chi connectivity index (χ0) is 52.9. The van der Waals surface area contributed by atoms with E-state index in [1.807, 2.05) is 82.5 Å². The molecule has 0 aromatic heterocycles. The Hall–Kier alpha value is -4.18. The lowest BCUT2D eigenvalue weighted by Gasteiger charge is -2.43. The Labute approximate surface area is 430 Å². The van der Waals surface area contributed by atoms with Gasteiger partial charge in [0.15, 0.2) is 5.78 Å². The predicted molar refractivity (Wildman–Crippen MR) is 279 cm³/mol. The zero-order valence-electron chi connectivity index (χ0n) is 45.2. The van der Waals surface area contributed by atoms with Crippen molar-refractivity contribution in [1.29, 1.82) is 0 Å². The van der Waals surface area contributed by atoms with E-state index in [-0.39, 0.29) is 54.1 Å². The molecule has 1 aromatic carbocycles. The average molecular weight is 1010 g/mol. The topological polar surface area (TPSA) is 182 Å². The standard InChI is InChI=1S/C58H88N2O12/c1-36-18-13-12-14-19-38(3)48(59(8)44-20-17-21-45(34-44)68-9)35-46-26-24-42(7)58(67,72-46)55(64)56(65)60-29-16-15-22-47(60)57(66)71-50(39(4)32-43-25-27-49(61)51(33-43)69-10)28-23-37(2)31-41(6)53(63)54(70-11)52(62)40(5)30-36/h12-14,17-21,31,34,36-37,39-40,42-43,46-51,53-54,61,63,67H,15-16,22-30,32-33,35H2,1-11H3/b14-12+,18-13+,38-19+,41-31+/t36-,37+,39-,40-,42-,43-,46+,47+,48?,49-,50+,51-,53-,54+,58-/m1/s1. The van der Waals surface area contributed by atoms with Gasteiger partial charge in [0.1, 0.15) is 30.1 Å². The number of cyclic esters (lactones) is 1. The number of ether oxygens (including phenoxy) is 5. The van der Waals surface area contributed by atoms with Crippen LogP contribution in [0, 0.1) is 35.5 Å². The molecule has 402 valence electrons. The molecule has 0 radical (unpaired) electrons. The molecule has 1 unspecified atom stereocenters. The van der Waals surface area contributed by atoms with Gasteiger partial charge >= 0.3 is 5.97 Å². The van der Waals surface area contributed by atoms with Gasteiger partial charge in [0.05, 0.1) is 31.5 Å². The highest BCUT2D eigenvalue weighted by atomic mass is 16.6. The molecule has 2 bridgehead atoms. The van der Waals surface area contributed by atoms with Crippen LogP contribution in [0.15, 0.2) is 71.9 Å². The maximum absolute atomic E-state index is 14.6. The number of carbonyl (C=O) groups is 4. The summed E-state index contributed by atoms with van der Waals surface area (Å²) in [6.07, 6.45) is 15.0. The molecule has 72 heavy (non-hydrogen) atoms. The predicted octanol–water partition coefficient (Wildman–Crippen LogP) is 8.50. The van der Waals surface area contributed by atoms with E-state index in [1.54, 1.807) is 28.1 Å². The number of fused-ring (bicyclic) bond motifs is 3. The first-order valence-electron chi connectivity index (χ1n) is 26.7. The summed E-state index contributed by atoms with van der Waals surface area (Å²) in [6, 6.07) is 6.42. The van der Waals surface area contributed by atoms with Crippen molar-refractivity contribution in [3.05, 3.63) is 71.9 Å². The van der Waals surface area contributed by atoms with Gasteiger partial charge < -0.3 is 48.8 Å². The van der Waals surface area contributed by atoms with Crippen molar-refractivity contribution in [1.82, 2.24) is 4.90 Å². The molecular formula is C58H88N2O12. The number of anilines is 1. The molecule has 4 aliphatic rings. The molecule has 14 heteroatoms. The number of rotatable bonds is 8. The minimum atomic E-state index is -2.42. The van der Waals surface area contributed by atoms with Crippen LogP contribution in [0.2, 0.25) is 0 Å². The van der Waals surface area contributed by atoms with Crippen LogP contribution in [0.4, 0.5) is 5.69 Å². The van der Waals surface area contributed by atoms with E-state index in [9.17, 15) is 34.5 Å². The van der Waals surface area contributed by atoms with Crippen LogP contribution in [0.5, 0.6) is 5.75 Å². The Kier molecular flexibility index (Phi) is 22.3. The number of methoxy groups -OCH3 is 3. The molecule has 3 fully saturated rings. The molecule has 3 heterocycles. The summed E-state index contributed by atoms with van der Waals surface area (Å²) in [7, 11) is 6.65. The number of nitrogens with zero attached hydrogens (tertiary/aromatic N) is 2. The summed E-state index contributed by atoms with van der Waals surface area (Å²) in [5.74, 6) is -5.55. The van der Waals surface area contributed by atoms with Crippen LogP contribution < -0.4 is 9.64 Å². The summed E-state index contributed by atoms with van der Waals surface area (Å²) in [4.78, 5) is 60.9. The zero-order valence-corrected chi connectivity index (χ0v) is 45.2. The van der Waals surface area contributed by atoms with Crippen LogP contribution in [-0.4, -0.2) is 133 Å². The number of allylic oxidation sites excluding steroid dienone is 6. The number of carbonyl (C=O) groups excluding carboxylic acids is 4. The van der Waals surface area contributed by atoms with E-state index >= 15 is 0 Å². The summed E-state index contributed by atoms with van der Waals surface area (Å²) < 4.78 is 29.8. The number of ketones is 2. The van der Waals surface area contributed by atoms with Gasteiger partial charge in [-0.3, -0.25) is 14.4 Å². The van der Waals surface area contributed by atoms with Gasteiger partial charge in [-0.05, 0) is 139 Å². The van der Waals surface area contributed by atoms with Crippen molar-refractivity contribution >= 4 is 29.1 Å². The first kappa shape index (κ1) is 58.7. The normalized spacial score (nSPS) is 37.5. The molecular weight excluding hydrogens is 917 g/mol. The van der Waals surface area contributed by atoms with Gasteiger partial charge in [0.2, 0.25) is 5.79 Å². The quantitative estimate of drug-likeness (QED) is 0.128. The first-order valence-corrected chi connectivity index (χ1v) is 26.7. The highest BCUT2D eigenvalue weighted by molar-refractivity contribution is 6.39. The van der Waals surface area contributed by atoms with Gasteiger partial charge in [-0.1, -0.05) is 82.7 Å². The molecule has 0 spiro atoms. The van der Waals surface area contributed by atoms with Crippen molar-refractivity contribution < 1.29 is 58.2 Å². The van der Waals surface area contributed by atoms with Crippen molar-refractivity contribution in [2.75, 3.05) is 39.8 Å². The number of hydrogen-bond acceptors (Lipinski definition) is 13. The highest BCUT2D eigenvalue weighted by Crippen LogP contribution is 2.39. The third-order valence-corrected chi connectivity index (χ3v) is 16.2. The number of hydrogen-bond donors (Lipinski definition) is 3. The first-order chi connectivity index (χ1) is 34.2. The maximum Gasteiger partial charge on any atom is 0.329 e. The Bertz CT molecular complexity index is 2090. The molecule has 15 atom stereocenters. The third-order valence-electron chi connectivity index (χ3n) is 16.2. The molecule has 1 amide bonds. The maximum atomic E-state index is 14.6. The van der Waals surface area contributed by atoms with E-state index < -0.39 is 65.9 Å². The number of likely N-dealkylation sites (N-methyl/N-ethyl adjacent to an activating group) is 1. The second kappa shape index (κ2) is 27.4. The van der Waals surface area contributed by atoms with E-state index in [4.69, 9.17) is 23.7 Å². The molecule has 1 aromatic rings. The molecule has 3 N–H and O–H groups in total. The smallest absolute Gasteiger partial charge is 0.329 e. The van der Waals surface area contributed by atoms with Gasteiger partial charge in [-0.15, -0.1) is 0 Å². The Morgan fingerprint density at radius 2 is 1.60 bits per heavy atom.